The lowest BCUT2D eigenvalue weighted by atomic mass is 9.86. The fourth-order valence-electron chi connectivity index (χ4n) is 1.92. The summed E-state index contributed by atoms with van der Waals surface area (Å²) in [6.07, 6.45) is 0.998. The van der Waals surface area contributed by atoms with Gasteiger partial charge in [-0.3, -0.25) is 0 Å². The van der Waals surface area contributed by atoms with Crippen molar-refractivity contribution < 1.29 is 0 Å². The summed E-state index contributed by atoms with van der Waals surface area (Å²) in [6.45, 7) is 7.06. The second kappa shape index (κ2) is 3.91. The van der Waals surface area contributed by atoms with Crippen LogP contribution in [0.3, 0.4) is 0 Å². The predicted molar refractivity (Wildman–Crippen MR) is 67.4 cm³/mol. The second-order valence-electron chi connectivity index (χ2n) is 5.22. The highest BCUT2D eigenvalue weighted by molar-refractivity contribution is 5.75. The summed E-state index contributed by atoms with van der Waals surface area (Å²) in [6, 6.07) is 6.38. The predicted octanol–water partition coefficient (Wildman–Crippen LogP) is 2.40. The Balaban J connectivity index is 2.32. The van der Waals surface area contributed by atoms with E-state index in [-0.39, 0.29) is 5.41 Å². The molecule has 0 bridgehead atoms. The van der Waals surface area contributed by atoms with E-state index in [1.807, 2.05) is 6.92 Å². The topological polar surface area (TPSA) is 54.7 Å². The van der Waals surface area contributed by atoms with Crippen molar-refractivity contribution in [2.45, 2.75) is 27.2 Å². The molecular weight excluding hydrogens is 198 g/mol. The highest BCUT2D eigenvalue weighted by Gasteiger charge is 2.16. The van der Waals surface area contributed by atoms with Crippen molar-refractivity contribution in [2.75, 3.05) is 6.54 Å². The molecule has 3 N–H and O–H groups in total. The zero-order chi connectivity index (χ0) is 11.8. The number of fused-ring (bicyclic) bond motifs is 1. The third kappa shape index (κ3) is 2.25. The SMILES string of the molecule is Cc1nc2ccc(CC(C)(C)CN)cc2[nH]1. The molecule has 1 aromatic heterocycles. The van der Waals surface area contributed by atoms with Crippen LogP contribution in [-0.2, 0) is 6.42 Å². The second-order valence-corrected chi connectivity index (χ2v) is 5.22. The quantitative estimate of drug-likeness (QED) is 0.829. The first kappa shape index (κ1) is 11.1. The number of rotatable bonds is 3. The Labute approximate surface area is 96.1 Å². The molecule has 0 atom stereocenters. The Morgan fingerprint density at radius 2 is 2.12 bits per heavy atom. The molecule has 0 unspecified atom stereocenters. The summed E-state index contributed by atoms with van der Waals surface area (Å²) in [4.78, 5) is 7.65. The normalized spacial score (nSPS) is 12.2. The Morgan fingerprint density at radius 1 is 1.38 bits per heavy atom. The smallest absolute Gasteiger partial charge is 0.104 e. The molecule has 0 saturated heterocycles. The van der Waals surface area contributed by atoms with Crippen molar-refractivity contribution in [2.24, 2.45) is 11.1 Å². The summed E-state index contributed by atoms with van der Waals surface area (Å²) >= 11 is 0. The van der Waals surface area contributed by atoms with Crippen LogP contribution in [0.2, 0.25) is 0 Å². The van der Waals surface area contributed by atoms with Crippen LogP contribution < -0.4 is 5.73 Å². The molecule has 0 amide bonds. The summed E-state index contributed by atoms with van der Waals surface area (Å²) in [5, 5.41) is 0. The van der Waals surface area contributed by atoms with E-state index in [0.29, 0.717) is 6.54 Å². The lowest BCUT2D eigenvalue weighted by Crippen LogP contribution is -2.25. The zero-order valence-electron chi connectivity index (χ0n) is 10.2. The van der Waals surface area contributed by atoms with E-state index >= 15 is 0 Å². The molecule has 0 radical (unpaired) electrons. The minimum absolute atomic E-state index is 0.155. The summed E-state index contributed by atoms with van der Waals surface area (Å²) in [7, 11) is 0. The molecule has 86 valence electrons. The highest BCUT2D eigenvalue weighted by atomic mass is 14.9. The lowest BCUT2D eigenvalue weighted by Gasteiger charge is -2.22. The molecule has 1 aromatic carbocycles. The Morgan fingerprint density at radius 3 is 2.81 bits per heavy atom. The van der Waals surface area contributed by atoms with Gasteiger partial charge in [0.05, 0.1) is 11.0 Å². The molecule has 3 nitrogen and oxygen atoms in total. The number of hydrogen-bond donors (Lipinski definition) is 2. The number of aromatic amines is 1. The average molecular weight is 217 g/mol. The molecular formula is C13H19N3. The maximum Gasteiger partial charge on any atom is 0.104 e. The fraction of sp³-hybridized carbons (Fsp3) is 0.462. The maximum absolute atomic E-state index is 5.75. The van der Waals surface area contributed by atoms with Crippen molar-refractivity contribution >= 4 is 11.0 Å². The van der Waals surface area contributed by atoms with Gasteiger partial charge in [0, 0.05) is 0 Å². The molecule has 0 saturated carbocycles. The minimum atomic E-state index is 0.155. The van der Waals surface area contributed by atoms with Gasteiger partial charge in [0.1, 0.15) is 5.82 Å². The van der Waals surface area contributed by atoms with Crippen LogP contribution in [0.25, 0.3) is 11.0 Å². The first-order chi connectivity index (χ1) is 7.50. The van der Waals surface area contributed by atoms with Crippen molar-refractivity contribution in [3.63, 3.8) is 0 Å². The first-order valence-electron chi connectivity index (χ1n) is 5.65. The molecule has 0 spiro atoms. The molecule has 0 aliphatic carbocycles. The number of imidazole rings is 1. The minimum Gasteiger partial charge on any atom is -0.342 e. The molecule has 2 aromatic rings. The number of aromatic nitrogens is 2. The van der Waals surface area contributed by atoms with Crippen LogP contribution in [-0.4, -0.2) is 16.5 Å². The zero-order valence-corrected chi connectivity index (χ0v) is 10.2. The van der Waals surface area contributed by atoms with Crippen LogP contribution >= 0.6 is 0 Å². The van der Waals surface area contributed by atoms with E-state index in [1.165, 1.54) is 5.56 Å². The van der Waals surface area contributed by atoms with Gasteiger partial charge in [-0.25, -0.2) is 4.98 Å². The highest BCUT2D eigenvalue weighted by Crippen LogP contribution is 2.22. The van der Waals surface area contributed by atoms with Crippen LogP contribution in [0, 0.1) is 12.3 Å². The van der Waals surface area contributed by atoms with E-state index in [1.54, 1.807) is 0 Å². The number of hydrogen-bond acceptors (Lipinski definition) is 2. The van der Waals surface area contributed by atoms with Gasteiger partial charge in [0.2, 0.25) is 0 Å². The van der Waals surface area contributed by atoms with Gasteiger partial charge in [0.25, 0.3) is 0 Å². The first-order valence-corrected chi connectivity index (χ1v) is 5.65. The molecule has 0 fully saturated rings. The third-order valence-corrected chi connectivity index (χ3v) is 2.90. The van der Waals surface area contributed by atoms with Gasteiger partial charge >= 0.3 is 0 Å². The van der Waals surface area contributed by atoms with E-state index in [0.717, 1.165) is 23.3 Å². The number of nitrogens with zero attached hydrogens (tertiary/aromatic N) is 1. The van der Waals surface area contributed by atoms with E-state index < -0.39 is 0 Å². The van der Waals surface area contributed by atoms with Crippen LogP contribution in [0.15, 0.2) is 18.2 Å². The number of nitrogens with one attached hydrogen (secondary N) is 1. The Kier molecular flexibility index (Phi) is 2.72. The molecule has 0 aliphatic heterocycles. The molecule has 16 heavy (non-hydrogen) atoms. The van der Waals surface area contributed by atoms with Gasteiger partial charge in [-0.05, 0) is 43.0 Å². The van der Waals surface area contributed by atoms with Crippen LogP contribution in [0.4, 0.5) is 0 Å². The monoisotopic (exact) mass is 217 g/mol. The van der Waals surface area contributed by atoms with Gasteiger partial charge in [0.15, 0.2) is 0 Å². The maximum atomic E-state index is 5.75. The van der Waals surface area contributed by atoms with E-state index in [2.05, 4.69) is 42.0 Å². The van der Waals surface area contributed by atoms with Crippen molar-refractivity contribution in [3.8, 4) is 0 Å². The lowest BCUT2D eigenvalue weighted by molar-refractivity contribution is 0.377. The molecule has 0 aliphatic rings. The largest absolute Gasteiger partial charge is 0.342 e. The van der Waals surface area contributed by atoms with E-state index in [9.17, 15) is 0 Å². The standard InChI is InChI=1S/C13H19N3/c1-9-15-11-5-4-10(6-12(11)16-9)7-13(2,3)8-14/h4-6H,7-8,14H2,1-3H3,(H,15,16). The van der Waals surface area contributed by atoms with Crippen LogP contribution in [0.1, 0.15) is 25.2 Å². The van der Waals surface area contributed by atoms with E-state index in [4.69, 9.17) is 5.73 Å². The summed E-state index contributed by atoms with van der Waals surface area (Å²) < 4.78 is 0. The van der Waals surface area contributed by atoms with Crippen molar-refractivity contribution in [1.29, 1.82) is 0 Å². The van der Waals surface area contributed by atoms with Gasteiger partial charge in [-0.15, -0.1) is 0 Å². The molecule has 1 heterocycles. The molecule has 2 rings (SSSR count). The van der Waals surface area contributed by atoms with Crippen molar-refractivity contribution in [1.82, 2.24) is 9.97 Å². The third-order valence-electron chi connectivity index (χ3n) is 2.90. The fourth-order valence-corrected chi connectivity index (χ4v) is 1.92. The number of H-pyrrole nitrogens is 1. The van der Waals surface area contributed by atoms with Gasteiger partial charge in [-0.2, -0.15) is 0 Å². The van der Waals surface area contributed by atoms with Gasteiger partial charge < -0.3 is 10.7 Å². The number of aryl methyl sites for hydroxylation is 1. The molecule has 3 heteroatoms. The Hall–Kier alpha value is -1.35. The Bertz CT molecular complexity index is 497. The summed E-state index contributed by atoms with van der Waals surface area (Å²) in [5.41, 5.74) is 9.37. The number of nitrogens with two attached hydrogens (primary N) is 1. The van der Waals surface area contributed by atoms with Crippen LogP contribution in [0.5, 0.6) is 0 Å². The van der Waals surface area contributed by atoms with Crippen molar-refractivity contribution in [3.05, 3.63) is 29.6 Å². The summed E-state index contributed by atoms with van der Waals surface area (Å²) in [5.74, 6) is 0.963. The average Bonchev–Trinajstić information content (AvgIpc) is 2.57. The number of benzene rings is 1. The van der Waals surface area contributed by atoms with Gasteiger partial charge in [-0.1, -0.05) is 19.9 Å².